The van der Waals surface area contributed by atoms with E-state index in [9.17, 15) is 0 Å². The van der Waals surface area contributed by atoms with E-state index in [4.69, 9.17) is 4.84 Å². The molecule has 2 heteroatoms. The van der Waals surface area contributed by atoms with Crippen LogP contribution in [0.4, 0.5) is 0 Å². The fourth-order valence-electron chi connectivity index (χ4n) is 1.86. The lowest BCUT2D eigenvalue weighted by atomic mass is 10.1. The number of nitrogens with one attached hydrogen (secondary N) is 1. The average Bonchev–Trinajstić information content (AvgIpc) is 2.62. The molecule has 0 bridgehead atoms. The molecular formula is C10H9NO. The van der Waals surface area contributed by atoms with Crippen LogP contribution in [0.25, 0.3) is 11.8 Å². The van der Waals surface area contributed by atoms with Gasteiger partial charge >= 0.3 is 0 Å². The molecule has 1 aliphatic heterocycles. The zero-order valence-corrected chi connectivity index (χ0v) is 6.58. The molecule has 2 aliphatic rings. The molecule has 12 heavy (non-hydrogen) atoms. The number of rotatable bonds is 0. The Labute approximate surface area is 70.1 Å². The maximum atomic E-state index is 5.15. The normalized spacial score (nSPS) is 24.3. The summed E-state index contributed by atoms with van der Waals surface area (Å²) in [7, 11) is 0. The molecule has 3 rings (SSSR count). The summed E-state index contributed by atoms with van der Waals surface area (Å²) < 4.78 is 0. The van der Waals surface area contributed by atoms with Gasteiger partial charge in [0.25, 0.3) is 0 Å². The minimum atomic E-state index is 0.461. The molecule has 1 N–H and O–H groups in total. The van der Waals surface area contributed by atoms with E-state index in [1.54, 1.807) is 0 Å². The summed E-state index contributed by atoms with van der Waals surface area (Å²) in [6.45, 7) is 0.768. The van der Waals surface area contributed by atoms with Crippen LogP contribution < -0.4 is 15.9 Å². The van der Waals surface area contributed by atoms with Crippen molar-refractivity contribution in [3.63, 3.8) is 0 Å². The third-order valence-electron chi connectivity index (χ3n) is 2.45. The quantitative estimate of drug-likeness (QED) is 0.563. The highest BCUT2D eigenvalue weighted by molar-refractivity contribution is 5.62. The third-order valence-corrected chi connectivity index (χ3v) is 2.45. The Morgan fingerprint density at radius 3 is 3.25 bits per heavy atom. The van der Waals surface area contributed by atoms with Crippen molar-refractivity contribution in [1.82, 2.24) is 5.48 Å². The van der Waals surface area contributed by atoms with Crippen molar-refractivity contribution < 1.29 is 4.84 Å². The first-order chi connectivity index (χ1) is 5.95. The minimum absolute atomic E-state index is 0.461. The lowest BCUT2D eigenvalue weighted by molar-refractivity contribution is 0.113. The maximum Gasteiger partial charge on any atom is 0.0864 e. The van der Waals surface area contributed by atoms with Gasteiger partial charge in [-0.2, -0.15) is 0 Å². The van der Waals surface area contributed by atoms with Gasteiger partial charge in [0.1, 0.15) is 0 Å². The number of hydroxylamine groups is 1. The Bertz CT molecular complexity index is 435. The third kappa shape index (κ3) is 0.676. The largest absolute Gasteiger partial charge is 0.275 e. The second kappa shape index (κ2) is 2.11. The zero-order valence-electron chi connectivity index (χ0n) is 6.58. The lowest BCUT2D eigenvalue weighted by Gasteiger charge is -1.95. The fraction of sp³-hybridized carbons (Fsp3) is 0.200. The zero-order chi connectivity index (χ0) is 7.97. The highest BCUT2D eigenvalue weighted by Crippen LogP contribution is 2.18. The van der Waals surface area contributed by atoms with Crippen LogP contribution >= 0.6 is 0 Å². The molecule has 0 aromatic heterocycles. The highest BCUT2D eigenvalue weighted by Gasteiger charge is 2.23. The van der Waals surface area contributed by atoms with Crippen molar-refractivity contribution in [1.29, 1.82) is 0 Å². The molecule has 0 amide bonds. The Balaban J connectivity index is 2.42. The molecule has 0 saturated carbocycles. The molecule has 1 atom stereocenters. The van der Waals surface area contributed by atoms with Gasteiger partial charge in [0.05, 0.1) is 12.3 Å². The molecule has 1 aromatic carbocycles. The van der Waals surface area contributed by atoms with Crippen LogP contribution in [-0.2, 0) is 4.84 Å². The van der Waals surface area contributed by atoms with Gasteiger partial charge in [-0.15, -0.1) is 0 Å². The van der Waals surface area contributed by atoms with Crippen LogP contribution in [0, 0.1) is 5.92 Å². The summed E-state index contributed by atoms with van der Waals surface area (Å²) in [6, 6.07) is 8.39. The van der Waals surface area contributed by atoms with Crippen LogP contribution in [0.15, 0.2) is 24.3 Å². The fourth-order valence-corrected chi connectivity index (χ4v) is 1.86. The van der Waals surface area contributed by atoms with Crippen molar-refractivity contribution in [3.05, 3.63) is 34.7 Å². The molecule has 1 aromatic rings. The van der Waals surface area contributed by atoms with Crippen molar-refractivity contribution >= 4 is 11.8 Å². The summed E-state index contributed by atoms with van der Waals surface area (Å²) >= 11 is 0. The molecular weight excluding hydrogens is 150 g/mol. The number of benzene rings is 1. The SMILES string of the molecule is C1=c2ccccc2=C2NOCC12. The highest BCUT2D eigenvalue weighted by atomic mass is 16.7. The second-order valence-electron chi connectivity index (χ2n) is 3.19. The maximum absolute atomic E-state index is 5.15. The standard InChI is InChI=1S/C10H9NO/c1-2-4-9-7(3-1)5-8-6-12-11-10(8)9/h1-5,8,11H,6H2. The Kier molecular flexibility index (Phi) is 1.10. The summed E-state index contributed by atoms with van der Waals surface area (Å²) in [4.78, 5) is 5.15. The minimum Gasteiger partial charge on any atom is -0.275 e. The van der Waals surface area contributed by atoms with Gasteiger partial charge in [-0.05, 0) is 5.22 Å². The Morgan fingerprint density at radius 1 is 1.33 bits per heavy atom. The smallest absolute Gasteiger partial charge is 0.0864 e. The van der Waals surface area contributed by atoms with Gasteiger partial charge in [-0.25, -0.2) is 0 Å². The Morgan fingerprint density at radius 2 is 2.25 bits per heavy atom. The van der Waals surface area contributed by atoms with Gasteiger partial charge in [-0.1, -0.05) is 30.3 Å². The first-order valence-electron chi connectivity index (χ1n) is 4.14. The van der Waals surface area contributed by atoms with Gasteiger partial charge in [0, 0.05) is 11.1 Å². The van der Waals surface area contributed by atoms with Crippen molar-refractivity contribution in [2.24, 2.45) is 5.92 Å². The van der Waals surface area contributed by atoms with E-state index in [1.807, 2.05) is 0 Å². The molecule has 1 saturated heterocycles. The lowest BCUT2D eigenvalue weighted by Crippen LogP contribution is -2.25. The number of hydrogen-bond acceptors (Lipinski definition) is 2. The first-order valence-corrected chi connectivity index (χ1v) is 4.14. The number of hydrogen-bond donors (Lipinski definition) is 1. The molecule has 1 fully saturated rings. The molecule has 1 heterocycles. The monoisotopic (exact) mass is 159 g/mol. The van der Waals surface area contributed by atoms with Gasteiger partial charge in [0.15, 0.2) is 0 Å². The molecule has 1 unspecified atom stereocenters. The van der Waals surface area contributed by atoms with E-state index in [-0.39, 0.29) is 0 Å². The first kappa shape index (κ1) is 6.26. The average molecular weight is 159 g/mol. The van der Waals surface area contributed by atoms with E-state index in [0.29, 0.717) is 5.92 Å². The predicted octanol–water partition coefficient (Wildman–Crippen LogP) is -0.260. The van der Waals surface area contributed by atoms with Crippen molar-refractivity contribution in [2.75, 3.05) is 6.61 Å². The predicted molar refractivity (Wildman–Crippen MR) is 46.1 cm³/mol. The van der Waals surface area contributed by atoms with Crippen molar-refractivity contribution in [2.45, 2.75) is 0 Å². The molecule has 0 radical (unpaired) electrons. The molecule has 1 aliphatic carbocycles. The van der Waals surface area contributed by atoms with Crippen LogP contribution in [0.3, 0.4) is 0 Å². The topological polar surface area (TPSA) is 21.3 Å². The van der Waals surface area contributed by atoms with Gasteiger partial charge < -0.3 is 0 Å². The number of fused-ring (bicyclic) bond motifs is 2. The van der Waals surface area contributed by atoms with Crippen LogP contribution in [0.5, 0.6) is 0 Å². The van der Waals surface area contributed by atoms with Crippen LogP contribution in [0.2, 0.25) is 0 Å². The Hall–Kier alpha value is -1.28. The summed E-state index contributed by atoms with van der Waals surface area (Å²) in [5.41, 5.74) is 4.19. The summed E-state index contributed by atoms with van der Waals surface area (Å²) in [6.07, 6.45) is 2.25. The van der Waals surface area contributed by atoms with E-state index < -0.39 is 0 Å². The second-order valence-corrected chi connectivity index (χ2v) is 3.19. The van der Waals surface area contributed by atoms with Crippen LogP contribution in [-0.4, -0.2) is 6.61 Å². The summed E-state index contributed by atoms with van der Waals surface area (Å²) in [5, 5.41) is 2.62. The van der Waals surface area contributed by atoms with Gasteiger partial charge in [0.2, 0.25) is 0 Å². The molecule has 60 valence electrons. The van der Waals surface area contributed by atoms with E-state index >= 15 is 0 Å². The van der Waals surface area contributed by atoms with E-state index in [1.165, 1.54) is 16.1 Å². The molecule has 2 nitrogen and oxygen atoms in total. The van der Waals surface area contributed by atoms with E-state index in [0.717, 1.165) is 6.61 Å². The van der Waals surface area contributed by atoms with Gasteiger partial charge in [-0.3, -0.25) is 10.3 Å². The summed E-state index contributed by atoms with van der Waals surface area (Å²) in [5.74, 6) is 0.461. The van der Waals surface area contributed by atoms with E-state index in [2.05, 4.69) is 35.8 Å². The van der Waals surface area contributed by atoms with Crippen LogP contribution in [0.1, 0.15) is 0 Å². The molecule has 0 spiro atoms. The van der Waals surface area contributed by atoms with Crippen molar-refractivity contribution in [3.8, 4) is 0 Å².